The Morgan fingerprint density at radius 2 is 1.64 bits per heavy atom. The number of thioether (sulfide) groups is 1. The number of para-hydroxylation sites is 1. The second-order valence-electron chi connectivity index (χ2n) is 6.78. The molecular weight excluding hydrogens is 366 g/mol. The van der Waals surface area contributed by atoms with E-state index >= 15 is 0 Å². The Balaban J connectivity index is 1.44. The highest BCUT2D eigenvalue weighted by molar-refractivity contribution is 7.99. The van der Waals surface area contributed by atoms with Gasteiger partial charge in [0.05, 0.1) is 0 Å². The summed E-state index contributed by atoms with van der Waals surface area (Å²) in [5, 5.41) is 0.0580. The lowest BCUT2D eigenvalue weighted by Crippen LogP contribution is -2.30. The molecular formula is C24H23NO2S. The monoisotopic (exact) mass is 389 g/mol. The first-order chi connectivity index (χ1) is 13.8. The number of ether oxygens (including phenoxy) is 1. The number of benzene rings is 3. The normalized spacial score (nSPS) is 16.1. The Morgan fingerprint density at radius 1 is 0.929 bits per heavy atom. The first kappa shape index (κ1) is 18.6. The van der Waals surface area contributed by atoms with Crippen LogP contribution in [0.2, 0.25) is 0 Å². The summed E-state index contributed by atoms with van der Waals surface area (Å²) in [6, 6.07) is 28.1. The maximum Gasteiger partial charge on any atom is 0.224 e. The second-order valence-corrected chi connectivity index (χ2v) is 7.97. The van der Waals surface area contributed by atoms with Gasteiger partial charge >= 0.3 is 0 Å². The van der Waals surface area contributed by atoms with Gasteiger partial charge in [-0.2, -0.15) is 0 Å². The van der Waals surface area contributed by atoms with Crippen LogP contribution in [0, 0.1) is 0 Å². The summed E-state index contributed by atoms with van der Waals surface area (Å²) >= 11 is 1.82. The van der Waals surface area contributed by atoms with Crippen molar-refractivity contribution < 1.29 is 9.53 Å². The Morgan fingerprint density at radius 3 is 2.43 bits per heavy atom. The molecule has 1 unspecified atom stereocenters. The average molecular weight is 390 g/mol. The summed E-state index contributed by atoms with van der Waals surface area (Å²) in [7, 11) is 0. The largest absolute Gasteiger partial charge is 0.457 e. The molecule has 142 valence electrons. The number of carbonyl (C=O) groups is 1. The zero-order chi connectivity index (χ0) is 19.2. The lowest BCUT2D eigenvalue weighted by Gasteiger charge is -2.24. The van der Waals surface area contributed by atoms with Crippen LogP contribution in [0.25, 0.3) is 0 Å². The fourth-order valence-corrected chi connectivity index (χ4v) is 4.66. The van der Waals surface area contributed by atoms with Crippen LogP contribution in [0.5, 0.6) is 11.5 Å². The van der Waals surface area contributed by atoms with Gasteiger partial charge < -0.3 is 9.64 Å². The predicted molar refractivity (Wildman–Crippen MR) is 115 cm³/mol. The van der Waals surface area contributed by atoms with E-state index in [1.165, 1.54) is 5.56 Å². The summed E-state index contributed by atoms with van der Waals surface area (Å²) < 4.78 is 5.97. The van der Waals surface area contributed by atoms with Crippen LogP contribution in [-0.2, 0) is 11.2 Å². The van der Waals surface area contributed by atoms with E-state index in [2.05, 4.69) is 18.2 Å². The maximum absolute atomic E-state index is 12.9. The molecule has 3 aromatic rings. The molecule has 1 amide bonds. The van der Waals surface area contributed by atoms with Crippen LogP contribution in [0.3, 0.4) is 0 Å². The van der Waals surface area contributed by atoms with Crippen LogP contribution in [0.15, 0.2) is 84.9 Å². The molecule has 3 nitrogen and oxygen atoms in total. The molecule has 1 aliphatic rings. The van der Waals surface area contributed by atoms with Crippen LogP contribution in [-0.4, -0.2) is 23.1 Å². The van der Waals surface area contributed by atoms with Gasteiger partial charge in [-0.1, -0.05) is 60.7 Å². The molecule has 0 bridgehead atoms. The van der Waals surface area contributed by atoms with Crippen molar-refractivity contribution in [2.75, 3.05) is 12.3 Å². The van der Waals surface area contributed by atoms with Gasteiger partial charge in [0.25, 0.3) is 0 Å². The fourth-order valence-electron chi connectivity index (χ4n) is 3.40. The van der Waals surface area contributed by atoms with Crippen molar-refractivity contribution in [2.45, 2.75) is 18.2 Å². The molecule has 0 saturated carbocycles. The highest BCUT2D eigenvalue weighted by Crippen LogP contribution is 2.39. The van der Waals surface area contributed by atoms with E-state index in [4.69, 9.17) is 4.74 Å². The van der Waals surface area contributed by atoms with Crippen LogP contribution in [0.1, 0.15) is 22.9 Å². The second kappa shape index (κ2) is 8.98. The van der Waals surface area contributed by atoms with Gasteiger partial charge in [-0.05, 0) is 41.8 Å². The standard InChI is InChI=1S/C24H23NO2S/c26-23(15-14-19-8-3-1-4-9-19)25-16-17-28-24(25)20-10-7-13-22(18-20)27-21-11-5-2-6-12-21/h1-13,18,24H,14-17H2. The minimum atomic E-state index is 0.0580. The molecule has 1 saturated heterocycles. The third-order valence-corrected chi connectivity index (χ3v) is 6.06. The summed E-state index contributed by atoms with van der Waals surface area (Å²) in [6.07, 6.45) is 1.33. The van der Waals surface area contributed by atoms with Crippen molar-refractivity contribution >= 4 is 17.7 Å². The zero-order valence-corrected chi connectivity index (χ0v) is 16.5. The Kier molecular flexibility index (Phi) is 5.98. The maximum atomic E-state index is 12.9. The minimum Gasteiger partial charge on any atom is -0.457 e. The lowest BCUT2D eigenvalue weighted by molar-refractivity contribution is -0.131. The van der Waals surface area contributed by atoms with Gasteiger partial charge in [-0.3, -0.25) is 4.79 Å². The van der Waals surface area contributed by atoms with Gasteiger partial charge in [0, 0.05) is 18.7 Å². The molecule has 1 atom stereocenters. The lowest BCUT2D eigenvalue weighted by atomic mass is 10.1. The molecule has 4 heteroatoms. The van der Waals surface area contributed by atoms with Crippen molar-refractivity contribution in [2.24, 2.45) is 0 Å². The Hall–Kier alpha value is -2.72. The van der Waals surface area contributed by atoms with Crippen molar-refractivity contribution in [1.82, 2.24) is 4.90 Å². The first-order valence-electron chi connectivity index (χ1n) is 9.57. The van der Waals surface area contributed by atoms with E-state index in [1.807, 2.05) is 83.4 Å². The van der Waals surface area contributed by atoms with Gasteiger partial charge in [-0.15, -0.1) is 11.8 Å². The highest BCUT2D eigenvalue weighted by atomic mass is 32.2. The number of aryl methyl sites for hydroxylation is 1. The number of nitrogens with zero attached hydrogens (tertiary/aromatic N) is 1. The molecule has 4 rings (SSSR count). The molecule has 0 radical (unpaired) electrons. The summed E-state index contributed by atoms with van der Waals surface area (Å²) in [5.41, 5.74) is 2.32. The highest BCUT2D eigenvalue weighted by Gasteiger charge is 2.30. The Labute approximate surface area is 170 Å². The third-order valence-electron chi connectivity index (χ3n) is 4.80. The van der Waals surface area contributed by atoms with Gasteiger partial charge in [0.1, 0.15) is 16.9 Å². The van der Waals surface area contributed by atoms with Crippen molar-refractivity contribution in [3.8, 4) is 11.5 Å². The smallest absolute Gasteiger partial charge is 0.224 e. The van der Waals surface area contributed by atoms with Crippen molar-refractivity contribution in [3.05, 3.63) is 96.1 Å². The van der Waals surface area contributed by atoms with Crippen LogP contribution < -0.4 is 4.74 Å². The van der Waals surface area contributed by atoms with Gasteiger partial charge in [0.15, 0.2) is 0 Å². The Bertz CT molecular complexity index is 914. The molecule has 1 aliphatic heterocycles. The van der Waals surface area contributed by atoms with Gasteiger partial charge in [-0.25, -0.2) is 0 Å². The summed E-state index contributed by atoms with van der Waals surface area (Å²) in [6.45, 7) is 0.798. The predicted octanol–water partition coefficient (Wildman–Crippen LogP) is 5.69. The molecule has 28 heavy (non-hydrogen) atoms. The summed E-state index contributed by atoms with van der Waals surface area (Å²) in [5.74, 6) is 2.79. The minimum absolute atomic E-state index is 0.0580. The number of rotatable bonds is 6. The van der Waals surface area contributed by atoms with E-state index < -0.39 is 0 Å². The molecule has 3 aromatic carbocycles. The van der Waals surface area contributed by atoms with Crippen LogP contribution in [0.4, 0.5) is 0 Å². The van der Waals surface area contributed by atoms with Crippen molar-refractivity contribution in [3.63, 3.8) is 0 Å². The van der Waals surface area contributed by atoms with Gasteiger partial charge in [0.2, 0.25) is 5.91 Å². The van der Waals surface area contributed by atoms with Crippen LogP contribution >= 0.6 is 11.8 Å². The van der Waals surface area contributed by atoms with E-state index in [-0.39, 0.29) is 11.3 Å². The molecule has 0 aliphatic carbocycles. The van der Waals surface area contributed by atoms with E-state index in [1.54, 1.807) is 0 Å². The van der Waals surface area contributed by atoms with Crippen molar-refractivity contribution in [1.29, 1.82) is 0 Å². The first-order valence-corrected chi connectivity index (χ1v) is 10.6. The van der Waals surface area contributed by atoms with E-state index in [9.17, 15) is 4.79 Å². The van der Waals surface area contributed by atoms with E-state index in [0.29, 0.717) is 6.42 Å². The van der Waals surface area contributed by atoms with E-state index in [0.717, 1.165) is 35.8 Å². The molecule has 0 N–H and O–H groups in total. The summed E-state index contributed by atoms with van der Waals surface area (Å²) in [4.78, 5) is 14.9. The molecule has 1 heterocycles. The average Bonchev–Trinajstić information content (AvgIpc) is 3.24. The molecule has 0 aromatic heterocycles. The number of hydrogen-bond donors (Lipinski definition) is 0. The fraction of sp³-hybridized carbons (Fsp3) is 0.208. The SMILES string of the molecule is O=C(CCc1ccccc1)N1CCSC1c1cccc(Oc2ccccc2)c1. The topological polar surface area (TPSA) is 29.5 Å². The number of amides is 1. The zero-order valence-electron chi connectivity index (χ0n) is 15.7. The number of carbonyl (C=O) groups excluding carboxylic acids is 1. The number of hydrogen-bond acceptors (Lipinski definition) is 3. The molecule has 0 spiro atoms. The third kappa shape index (κ3) is 4.57. The molecule has 1 fully saturated rings. The quantitative estimate of drug-likeness (QED) is 0.543.